The normalized spacial score (nSPS) is 36.2. The van der Waals surface area contributed by atoms with E-state index in [0.29, 0.717) is 18.9 Å². The van der Waals surface area contributed by atoms with Crippen LogP contribution in [-0.2, 0) is 19.2 Å². The Kier molecular flexibility index (Phi) is 14.5. The molecule has 0 aromatic rings. The van der Waals surface area contributed by atoms with Gasteiger partial charge in [-0.05, 0) is 171 Å². The molecule has 0 aromatic heterocycles. The first kappa shape index (κ1) is 42.5. The summed E-state index contributed by atoms with van der Waals surface area (Å²) in [5, 5.41) is 12.6. The average Bonchev–Trinajstić information content (AvgIpc) is 3.49. The highest BCUT2D eigenvalue weighted by Crippen LogP contribution is 2.47. The predicted molar refractivity (Wildman–Crippen MR) is 226 cm³/mol. The number of hydrogen-bond acceptors (Lipinski definition) is 8. The van der Waals surface area contributed by atoms with Crippen LogP contribution in [0.2, 0.25) is 0 Å². The van der Waals surface area contributed by atoms with E-state index in [1.165, 1.54) is 134 Å². The topological polar surface area (TPSA) is 114 Å². The number of piperidine rings is 2. The first-order valence-electron chi connectivity index (χ1n) is 24.6. The highest BCUT2D eigenvalue weighted by molar-refractivity contribution is 6.10. The van der Waals surface area contributed by atoms with Crippen molar-refractivity contribution in [3.05, 3.63) is 11.1 Å². The van der Waals surface area contributed by atoms with Gasteiger partial charge in [-0.2, -0.15) is 0 Å². The van der Waals surface area contributed by atoms with Gasteiger partial charge in [0.05, 0.1) is 17.9 Å². The van der Waals surface area contributed by atoms with Crippen LogP contribution in [0.1, 0.15) is 155 Å². The second-order valence-electron chi connectivity index (χ2n) is 20.3. The summed E-state index contributed by atoms with van der Waals surface area (Å²) in [6.45, 7) is 11.6. The zero-order chi connectivity index (χ0) is 40.2. The molecule has 4 saturated carbocycles. The third-order valence-electron chi connectivity index (χ3n) is 17.0. The molecular formula is C48H77N5O5. The first-order chi connectivity index (χ1) is 28.2. The number of likely N-dealkylation sites (tertiary alicyclic amines) is 2. The smallest absolute Gasteiger partial charge is 0.249 e. The summed E-state index contributed by atoms with van der Waals surface area (Å²) in [7, 11) is 0. The van der Waals surface area contributed by atoms with Crippen molar-refractivity contribution >= 4 is 23.6 Å². The van der Waals surface area contributed by atoms with Crippen molar-refractivity contribution < 1.29 is 24.3 Å². The van der Waals surface area contributed by atoms with Gasteiger partial charge in [-0.15, -0.1) is 0 Å². The minimum Gasteiger partial charge on any atom is -0.393 e. The number of rotatable bonds is 12. The molecule has 0 aromatic carbocycles. The van der Waals surface area contributed by atoms with E-state index in [4.69, 9.17) is 0 Å². The van der Waals surface area contributed by atoms with E-state index < -0.39 is 11.9 Å². The molecule has 0 radical (unpaired) electrons. The molecule has 4 unspecified atom stereocenters. The SMILES string of the molecule is CC/C(=C(\C1CCC(O)CC1)C1CCC(CCCN2CCC(CN3CCN(C4CCC5C(=O)N(C6CCC(=O)NC6=O)C(=O)C5C4)CC3)CC2)CC1)C1CCCCC1. The van der Waals surface area contributed by atoms with Crippen molar-refractivity contribution in [3.8, 4) is 0 Å². The lowest BCUT2D eigenvalue weighted by molar-refractivity contribution is -0.151. The lowest BCUT2D eigenvalue weighted by Gasteiger charge is -2.43. The van der Waals surface area contributed by atoms with Gasteiger partial charge in [-0.3, -0.25) is 34.3 Å². The number of nitrogens with zero attached hydrogens (tertiary/aromatic N) is 4. The summed E-state index contributed by atoms with van der Waals surface area (Å²) >= 11 is 0. The molecule has 0 spiro atoms. The number of carbonyl (C=O) groups excluding carboxylic acids is 4. The standard InChI is InChI=1S/C48H77N5O5/c1-2-40(35-8-4-3-5-9-35)45(37-14-17-39(54)18-15-37)36-12-10-33(11-13-36)7-6-24-50-25-22-34(23-26-50)32-51-27-29-52(30-28-51)38-16-19-41-42(31-38)48(58)53(47(41)57)43-20-21-44(55)49-46(43)56/h33-39,41-43,54H,2-32H2,1H3,(H,49,55,56)/b45-40+. The number of piperazine rings is 1. The molecule has 8 fully saturated rings. The molecule has 4 aliphatic carbocycles. The maximum absolute atomic E-state index is 13.5. The monoisotopic (exact) mass is 804 g/mol. The Morgan fingerprint density at radius 1 is 0.655 bits per heavy atom. The number of aliphatic hydroxyl groups is 1. The summed E-state index contributed by atoms with van der Waals surface area (Å²) in [5.41, 5.74) is 3.78. The fourth-order valence-corrected chi connectivity index (χ4v) is 13.6. The number of hydrogen-bond donors (Lipinski definition) is 2. The minimum atomic E-state index is -0.836. The van der Waals surface area contributed by atoms with Crippen LogP contribution >= 0.6 is 0 Å². The average molecular weight is 804 g/mol. The quantitative estimate of drug-likeness (QED) is 0.166. The molecular weight excluding hydrogens is 727 g/mol. The molecule has 4 aliphatic heterocycles. The van der Waals surface area contributed by atoms with Crippen LogP contribution in [0.25, 0.3) is 0 Å². The van der Waals surface area contributed by atoms with Gasteiger partial charge < -0.3 is 14.9 Å². The third-order valence-corrected chi connectivity index (χ3v) is 17.0. The fourth-order valence-electron chi connectivity index (χ4n) is 13.6. The summed E-state index contributed by atoms with van der Waals surface area (Å²) in [6, 6.07) is -0.523. The van der Waals surface area contributed by atoms with Crippen LogP contribution in [0.5, 0.6) is 0 Å². The third kappa shape index (κ3) is 9.81. The predicted octanol–water partition coefficient (Wildman–Crippen LogP) is 6.70. The Hall–Kier alpha value is -2.14. The summed E-state index contributed by atoms with van der Waals surface area (Å²) < 4.78 is 0. The molecule has 8 aliphatic rings. The van der Waals surface area contributed by atoms with Crippen LogP contribution in [0, 0.1) is 41.4 Å². The molecule has 4 atom stereocenters. The van der Waals surface area contributed by atoms with Crippen molar-refractivity contribution in [1.29, 1.82) is 0 Å². The Labute approximate surface area is 349 Å². The second-order valence-corrected chi connectivity index (χ2v) is 20.3. The molecule has 4 saturated heterocycles. The van der Waals surface area contributed by atoms with E-state index in [0.717, 1.165) is 75.0 Å². The number of allylic oxidation sites excluding steroid dienone is 2. The van der Waals surface area contributed by atoms with Crippen LogP contribution in [0.3, 0.4) is 0 Å². The minimum absolute atomic E-state index is 0.0647. The summed E-state index contributed by atoms with van der Waals surface area (Å²) in [5.74, 6) is 2.19. The van der Waals surface area contributed by atoms with Crippen LogP contribution in [-0.4, -0.2) is 119 Å². The van der Waals surface area contributed by atoms with Crippen molar-refractivity contribution in [2.75, 3.05) is 52.4 Å². The number of fused-ring (bicyclic) bond motifs is 1. The Balaban J connectivity index is 0.722. The number of nitrogens with one attached hydrogen (secondary N) is 1. The van der Waals surface area contributed by atoms with Crippen LogP contribution < -0.4 is 5.32 Å². The first-order valence-corrected chi connectivity index (χ1v) is 24.6. The molecule has 0 bridgehead atoms. The Morgan fingerprint density at radius 3 is 2.00 bits per heavy atom. The largest absolute Gasteiger partial charge is 0.393 e. The zero-order valence-electron chi connectivity index (χ0n) is 36.1. The van der Waals surface area contributed by atoms with Crippen molar-refractivity contribution in [2.45, 2.75) is 173 Å². The maximum atomic E-state index is 13.5. The van der Waals surface area contributed by atoms with E-state index in [1.54, 1.807) is 0 Å². The highest BCUT2D eigenvalue weighted by Gasteiger charge is 2.54. The molecule has 324 valence electrons. The molecule has 4 heterocycles. The Bertz CT molecular complexity index is 1460. The van der Waals surface area contributed by atoms with Gasteiger partial charge in [0, 0.05) is 45.2 Å². The molecule has 10 heteroatoms. The van der Waals surface area contributed by atoms with Gasteiger partial charge in [0.2, 0.25) is 23.6 Å². The number of amides is 4. The Morgan fingerprint density at radius 2 is 1.33 bits per heavy atom. The van der Waals surface area contributed by atoms with Crippen LogP contribution in [0.15, 0.2) is 11.1 Å². The van der Waals surface area contributed by atoms with Gasteiger partial charge in [0.1, 0.15) is 6.04 Å². The van der Waals surface area contributed by atoms with E-state index >= 15 is 0 Å². The molecule has 8 rings (SSSR count). The lowest BCUT2D eigenvalue weighted by atomic mass is 9.66. The molecule has 2 N–H and O–H groups in total. The fraction of sp³-hybridized carbons (Fsp3) is 0.875. The van der Waals surface area contributed by atoms with Gasteiger partial charge in [0.25, 0.3) is 0 Å². The number of aliphatic hydroxyl groups excluding tert-OH is 1. The van der Waals surface area contributed by atoms with E-state index in [-0.39, 0.29) is 48.5 Å². The van der Waals surface area contributed by atoms with Gasteiger partial charge in [0.15, 0.2) is 0 Å². The van der Waals surface area contributed by atoms with Crippen molar-refractivity contribution in [1.82, 2.24) is 24.9 Å². The second kappa shape index (κ2) is 19.7. The van der Waals surface area contributed by atoms with Crippen molar-refractivity contribution in [3.63, 3.8) is 0 Å². The van der Waals surface area contributed by atoms with Gasteiger partial charge in [-0.25, -0.2) is 0 Å². The molecule has 10 nitrogen and oxygen atoms in total. The van der Waals surface area contributed by atoms with E-state index in [2.05, 4.69) is 26.9 Å². The molecule has 58 heavy (non-hydrogen) atoms. The van der Waals surface area contributed by atoms with E-state index in [9.17, 15) is 24.3 Å². The number of carbonyl (C=O) groups is 4. The maximum Gasteiger partial charge on any atom is 0.249 e. The zero-order valence-corrected chi connectivity index (χ0v) is 36.1. The van der Waals surface area contributed by atoms with E-state index in [1.807, 2.05) is 11.1 Å². The van der Waals surface area contributed by atoms with Crippen LogP contribution in [0.4, 0.5) is 0 Å². The van der Waals surface area contributed by atoms with Gasteiger partial charge in [-0.1, -0.05) is 37.3 Å². The van der Waals surface area contributed by atoms with Gasteiger partial charge >= 0.3 is 0 Å². The number of imide groups is 2. The summed E-state index contributed by atoms with van der Waals surface area (Å²) in [6.07, 6.45) is 26.5. The lowest BCUT2D eigenvalue weighted by Crippen LogP contribution is -2.54. The van der Waals surface area contributed by atoms with Crippen molar-refractivity contribution in [2.24, 2.45) is 41.4 Å². The summed E-state index contributed by atoms with van der Waals surface area (Å²) in [4.78, 5) is 60.1. The highest BCUT2D eigenvalue weighted by atomic mass is 16.3. The molecule has 4 amide bonds.